The average Bonchev–Trinajstić information content (AvgIpc) is 2.90. The van der Waals surface area contributed by atoms with Crippen molar-refractivity contribution in [2.24, 2.45) is 5.92 Å². The SMILES string of the molecule is COc1cc(N2CCC[C@@H](C)C2)nc(NC(=S)NC2CCCCCC2)n1. The van der Waals surface area contributed by atoms with Crippen LogP contribution in [0.4, 0.5) is 11.8 Å². The minimum atomic E-state index is 0.450. The highest BCUT2D eigenvalue weighted by Gasteiger charge is 2.20. The van der Waals surface area contributed by atoms with Crippen LogP contribution >= 0.6 is 12.2 Å². The van der Waals surface area contributed by atoms with Crippen LogP contribution in [0.2, 0.25) is 0 Å². The standard InChI is InChI=1S/C19H31N5OS/c1-14-8-7-11-24(13-14)16-12-17(25-2)22-18(21-16)23-19(26)20-15-9-5-3-4-6-10-15/h12,14-15H,3-11,13H2,1-2H3,(H2,20,21,22,23,26)/t14-/m1/s1. The molecule has 1 aliphatic carbocycles. The topological polar surface area (TPSA) is 62.3 Å². The molecule has 1 aliphatic heterocycles. The first-order chi connectivity index (χ1) is 12.6. The van der Waals surface area contributed by atoms with Gasteiger partial charge in [0.15, 0.2) is 5.11 Å². The molecule has 1 saturated carbocycles. The van der Waals surface area contributed by atoms with Gasteiger partial charge in [0.25, 0.3) is 0 Å². The minimum Gasteiger partial charge on any atom is -0.481 e. The summed E-state index contributed by atoms with van der Waals surface area (Å²) in [4.78, 5) is 11.4. The van der Waals surface area contributed by atoms with Crippen LogP contribution in [0.3, 0.4) is 0 Å². The molecule has 2 fully saturated rings. The summed E-state index contributed by atoms with van der Waals surface area (Å²) in [5.74, 6) is 2.65. The largest absolute Gasteiger partial charge is 0.481 e. The molecule has 26 heavy (non-hydrogen) atoms. The molecule has 2 heterocycles. The van der Waals surface area contributed by atoms with Crippen LogP contribution in [0.25, 0.3) is 0 Å². The molecule has 0 radical (unpaired) electrons. The summed E-state index contributed by atoms with van der Waals surface area (Å²) in [5, 5.41) is 7.20. The second kappa shape index (κ2) is 9.35. The predicted octanol–water partition coefficient (Wildman–Crippen LogP) is 3.73. The second-order valence-electron chi connectivity index (χ2n) is 7.57. The molecule has 2 N–H and O–H groups in total. The quantitative estimate of drug-likeness (QED) is 0.612. The molecule has 1 saturated heterocycles. The molecule has 1 aromatic rings. The third kappa shape index (κ3) is 5.43. The molecule has 144 valence electrons. The van der Waals surface area contributed by atoms with E-state index in [0.29, 0.717) is 28.9 Å². The Hall–Kier alpha value is -1.63. The Morgan fingerprint density at radius 1 is 1.15 bits per heavy atom. The number of hydrogen-bond acceptors (Lipinski definition) is 5. The molecule has 3 rings (SSSR count). The first-order valence-corrected chi connectivity index (χ1v) is 10.3. The maximum atomic E-state index is 5.50. The van der Waals surface area contributed by atoms with Gasteiger partial charge < -0.3 is 20.3 Å². The Balaban J connectivity index is 1.66. The average molecular weight is 378 g/mol. The number of thiocarbonyl (C=S) groups is 1. The van der Waals surface area contributed by atoms with Crippen LogP contribution in [-0.2, 0) is 0 Å². The van der Waals surface area contributed by atoms with Gasteiger partial charge in [0.2, 0.25) is 11.8 Å². The van der Waals surface area contributed by atoms with Gasteiger partial charge in [-0.2, -0.15) is 9.97 Å². The lowest BCUT2D eigenvalue weighted by Gasteiger charge is -2.32. The number of piperidine rings is 1. The van der Waals surface area contributed by atoms with E-state index in [1.807, 2.05) is 6.07 Å². The fourth-order valence-corrected chi connectivity index (χ4v) is 4.14. The summed E-state index contributed by atoms with van der Waals surface area (Å²) in [6, 6.07) is 2.36. The number of aromatic nitrogens is 2. The Bertz CT molecular complexity index is 604. The molecule has 7 heteroatoms. The van der Waals surface area contributed by atoms with E-state index < -0.39 is 0 Å². The van der Waals surface area contributed by atoms with E-state index >= 15 is 0 Å². The molecule has 0 amide bonds. The first-order valence-electron chi connectivity index (χ1n) is 9.89. The first kappa shape index (κ1) is 19.1. The minimum absolute atomic E-state index is 0.450. The smallest absolute Gasteiger partial charge is 0.234 e. The summed E-state index contributed by atoms with van der Waals surface area (Å²) in [6.07, 6.45) is 10.0. The van der Waals surface area contributed by atoms with Crippen LogP contribution in [0.1, 0.15) is 58.3 Å². The zero-order chi connectivity index (χ0) is 18.4. The normalized spacial score (nSPS) is 21.8. The number of nitrogens with zero attached hydrogens (tertiary/aromatic N) is 3. The number of methoxy groups -OCH3 is 1. The molecule has 0 aromatic carbocycles. The van der Waals surface area contributed by atoms with Gasteiger partial charge in [-0.1, -0.05) is 32.6 Å². The van der Waals surface area contributed by atoms with Gasteiger partial charge in [-0.25, -0.2) is 0 Å². The lowest BCUT2D eigenvalue weighted by atomic mass is 10.0. The Labute approximate surface area is 162 Å². The van der Waals surface area contributed by atoms with Crippen molar-refractivity contribution in [1.29, 1.82) is 0 Å². The van der Waals surface area contributed by atoms with Crippen molar-refractivity contribution in [3.63, 3.8) is 0 Å². The summed E-state index contributed by atoms with van der Waals surface area (Å²) in [5.41, 5.74) is 0. The zero-order valence-electron chi connectivity index (χ0n) is 16.0. The molecule has 0 spiro atoms. The maximum absolute atomic E-state index is 5.50. The van der Waals surface area contributed by atoms with Gasteiger partial charge in [-0.05, 0) is 43.8 Å². The number of anilines is 2. The summed E-state index contributed by atoms with van der Waals surface area (Å²) < 4.78 is 5.38. The fourth-order valence-electron chi connectivity index (χ4n) is 3.88. The van der Waals surface area contributed by atoms with E-state index in [1.165, 1.54) is 51.4 Å². The second-order valence-corrected chi connectivity index (χ2v) is 7.98. The third-order valence-corrected chi connectivity index (χ3v) is 5.51. The van der Waals surface area contributed by atoms with Gasteiger partial charge in [0, 0.05) is 25.2 Å². The highest BCUT2D eigenvalue weighted by Crippen LogP contribution is 2.25. The van der Waals surface area contributed by atoms with Crippen LogP contribution in [0.5, 0.6) is 5.88 Å². The van der Waals surface area contributed by atoms with E-state index in [9.17, 15) is 0 Å². The van der Waals surface area contributed by atoms with Crippen LogP contribution in [0, 0.1) is 5.92 Å². The van der Waals surface area contributed by atoms with Crippen LogP contribution in [-0.4, -0.2) is 41.3 Å². The van der Waals surface area contributed by atoms with E-state index in [1.54, 1.807) is 7.11 Å². The zero-order valence-corrected chi connectivity index (χ0v) is 16.8. The lowest BCUT2D eigenvalue weighted by Crippen LogP contribution is -2.38. The van der Waals surface area contributed by atoms with Crippen molar-refractivity contribution in [3.8, 4) is 5.88 Å². The Morgan fingerprint density at radius 3 is 2.62 bits per heavy atom. The van der Waals surface area contributed by atoms with Crippen molar-refractivity contribution in [2.45, 2.75) is 64.3 Å². The summed E-state index contributed by atoms with van der Waals surface area (Å²) in [7, 11) is 1.64. The number of nitrogens with one attached hydrogen (secondary N) is 2. The molecule has 1 atom stereocenters. The number of rotatable bonds is 4. The molecular formula is C19H31N5OS. The van der Waals surface area contributed by atoms with E-state index in [4.69, 9.17) is 17.0 Å². The van der Waals surface area contributed by atoms with Gasteiger partial charge in [0.1, 0.15) is 5.82 Å². The van der Waals surface area contributed by atoms with Gasteiger partial charge in [0.05, 0.1) is 7.11 Å². The van der Waals surface area contributed by atoms with Crippen molar-refractivity contribution < 1.29 is 4.74 Å². The van der Waals surface area contributed by atoms with Crippen molar-refractivity contribution >= 4 is 29.1 Å². The van der Waals surface area contributed by atoms with Crippen molar-refractivity contribution in [2.75, 3.05) is 30.4 Å². The van der Waals surface area contributed by atoms with Crippen molar-refractivity contribution in [3.05, 3.63) is 6.07 Å². The van der Waals surface area contributed by atoms with Gasteiger partial charge in [-0.15, -0.1) is 0 Å². The van der Waals surface area contributed by atoms with Gasteiger partial charge in [-0.3, -0.25) is 0 Å². The molecule has 0 bridgehead atoms. The molecular weight excluding hydrogens is 346 g/mol. The monoisotopic (exact) mass is 377 g/mol. The Morgan fingerprint density at radius 2 is 1.92 bits per heavy atom. The maximum Gasteiger partial charge on any atom is 0.234 e. The highest BCUT2D eigenvalue weighted by molar-refractivity contribution is 7.80. The number of ether oxygens (including phenoxy) is 1. The highest BCUT2D eigenvalue weighted by atomic mass is 32.1. The van der Waals surface area contributed by atoms with Gasteiger partial charge >= 0.3 is 0 Å². The number of hydrogen-bond donors (Lipinski definition) is 2. The third-order valence-electron chi connectivity index (χ3n) is 5.29. The van der Waals surface area contributed by atoms with E-state index in [0.717, 1.165) is 18.9 Å². The fraction of sp³-hybridized carbons (Fsp3) is 0.737. The predicted molar refractivity (Wildman–Crippen MR) is 110 cm³/mol. The molecule has 6 nitrogen and oxygen atoms in total. The Kier molecular flexibility index (Phi) is 6.88. The van der Waals surface area contributed by atoms with E-state index in [-0.39, 0.29) is 0 Å². The van der Waals surface area contributed by atoms with E-state index in [2.05, 4.69) is 32.4 Å². The lowest BCUT2D eigenvalue weighted by molar-refractivity contribution is 0.396. The molecule has 1 aromatic heterocycles. The van der Waals surface area contributed by atoms with Crippen LogP contribution < -0.4 is 20.3 Å². The summed E-state index contributed by atoms with van der Waals surface area (Å²) >= 11 is 5.50. The molecule has 0 unspecified atom stereocenters. The summed E-state index contributed by atoms with van der Waals surface area (Å²) in [6.45, 7) is 4.33. The molecule has 2 aliphatic rings. The van der Waals surface area contributed by atoms with Crippen molar-refractivity contribution in [1.82, 2.24) is 15.3 Å². The van der Waals surface area contributed by atoms with Crippen LogP contribution in [0.15, 0.2) is 6.07 Å².